The molecule has 2 aromatic carbocycles. The largest absolute Gasteiger partial charge is 0.497 e. The quantitative estimate of drug-likeness (QED) is 0.888. The summed E-state index contributed by atoms with van der Waals surface area (Å²) in [6, 6.07) is 10.3. The highest BCUT2D eigenvalue weighted by Crippen LogP contribution is 2.25. The Morgan fingerprint density at radius 3 is 2.62 bits per heavy atom. The highest BCUT2D eigenvalue weighted by Gasteiger charge is 2.07. The summed E-state index contributed by atoms with van der Waals surface area (Å²) in [6.45, 7) is 2.79. The van der Waals surface area contributed by atoms with Gasteiger partial charge < -0.3 is 15.2 Å². The van der Waals surface area contributed by atoms with Gasteiger partial charge in [-0.25, -0.2) is 4.39 Å². The van der Waals surface area contributed by atoms with Crippen LogP contribution in [0.5, 0.6) is 11.5 Å². The van der Waals surface area contributed by atoms with Crippen molar-refractivity contribution in [3.8, 4) is 11.5 Å². The van der Waals surface area contributed by atoms with Gasteiger partial charge in [-0.2, -0.15) is 0 Å². The van der Waals surface area contributed by atoms with Gasteiger partial charge in [0.25, 0.3) is 0 Å². The molecular weight excluding hydrogens is 269 g/mol. The third-order valence-corrected chi connectivity index (χ3v) is 3.38. The molecule has 2 aromatic rings. The van der Waals surface area contributed by atoms with Crippen molar-refractivity contribution in [3.05, 3.63) is 58.9 Å². The molecule has 3 nitrogen and oxygen atoms in total. The highest BCUT2D eigenvalue weighted by atomic mass is 19.1. The van der Waals surface area contributed by atoms with Crippen LogP contribution < -0.4 is 15.2 Å². The standard InChI is InChI=1S/C17H20FNO2/c1-12-3-4-15(18)9-14(12)11-21-17-6-5-16(20-2)10-13(17)7-8-19/h3-6,9-10H,7-8,11,19H2,1-2H3. The number of benzene rings is 2. The first-order valence-electron chi connectivity index (χ1n) is 6.89. The molecule has 21 heavy (non-hydrogen) atoms. The molecule has 0 aromatic heterocycles. The van der Waals surface area contributed by atoms with Crippen molar-refractivity contribution < 1.29 is 13.9 Å². The summed E-state index contributed by atoms with van der Waals surface area (Å²) in [5.74, 6) is 1.27. The molecule has 0 amide bonds. The predicted molar refractivity (Wildman–Crippen MR) is 81.2 cm³/mol. The van der Waals surface area contributed by atoms with Crippen LogP contribution in [0.4, 0.5) is 4.39 Å². The summed E-state index contributed by atoms with van der Waals surface area (Å²) < 4.78 is 24.3. The molecule has 0 aliphatic carbocycles. The second-order valence-electron chi connectivity index (χ2n) is 4.87. The molecule has 0 bridgehead atoms. The van der Waals surface area contributed by atoms with Crippen LogP contribution in [0.2, 0.25) is 0 Å². The zero-order valence-corrected chi connectivity index (χ0v) is 12.4. The SMILES string of the molecule is COc1ccc(OCc2cc(F)ccc2C)c(CCN)c1. The van der Waals surface area contributed by atoms with Crippen LogP contribution in [0.1, 0.15) is 16.7 Å². The molecule has 0 atom stereocenters. The Labute approximate surface area is 124 Å². The van der Waals surface area contributed by atoms with E-state index in [-0.39, 0.29) is 5.82 Å². The van der Waals surface area contributed by atoms with Gasteiger partial charge in [-0.1, -0.05) is 6.07 Å². The van der Waals surface area contributed by atoms with E-state index in [1.807, 2.05) is 25.1 Å². The summed E-state index contributed by atoms with van der Waals surface area (Å²) in [5.41, 5.74) is 8.46. The number of halogens is 1. The number of ether oxygens (including phenoxy) is 2. The van der Waals surface area contributed by atoms with Crippen molar-refractivity contribution >= 4 is 0 Å². The Kier molecular flexibility index (Phi) is 5.17. The fourth-order valence-corrected chi connectivity index (χ4v) is 2.13. The van der Waals surface area contributed by atoms with Crippen molar-refractivity contribution in [2.75, 3.05) is 13.7 Å². The number of methoxy groups -OCH3 is 1. The van der Waals surface area contributed by atoms with Gasteiger partial charge in [0, 0.05) is 0 Å². The van der Waals surface area contributed by atoms with Crippen LogP contribution in [0, 0.1) is 12.7 Å². The monoisotopic (exact) mass is 289 g/mol. The van der Waals surface area contributed by atoms with Gasteiger partial charge in [-0.05, 0) is 66.9 Å². The fourth-order valence-electron chi connectivity index (χ4n) is 2.13. The molecule has 2 N–H and O–H groups in total. The van der Waals surface area contributed by atoms with E-state index < -0.39 is 0 Å². The smallest absolute Gasteiger partial charge is 0.123 e. The molecule has 0 saturated carbocycles. The van der Waals surface area contributed by atoms with E-state index >= 15 is 0 Å². The maximum absolute atomic E-state index is 13.3. The first-order chi connectivity index (χ1) is 10.1. The van der Waals surface area contributed by atoms with E-state index in [1.165, 1.54) is 12.1 Å². The van der Waals surface area contributed by atoms with E-state index in [2.05, 4.69) is 0 Å². The number of aryl methyl sites for hydroxylation is 1. The molecule has 4 heteroatoms. The Morgan fingerprint density at radius 1 is 1.10 bits per heavy atom. The second kappa shape index (κ2) is 7.09. The molecule has 112 valence electrons. The molecular formula is C17H20FNO2. The summed E-state index contributed by atoms with van der Waals surface area (Å²) in [4.78, 5) is 0. The number of rotatable bonds is 6. The van der Waals surface area contributed by atoms with Crippen LogP contribution >= 0.6 is 0 Å². The fraction of sp³-hybridized carbons (Fsp3) is 0.294. The van der Waals surface area contributed by atoms with Crippen molar-refractivity contribution in [2.45, 2.75) is 20.0 Å². The highest BCUT2D eigenvalue weighted by molar-refractivity contribution is 5.41. The van der Waals surface area contributed by atoms with Crippen LogP contribution in [0.25, 0.3) is 0 Å². The number of nitrogens with two attached hydrogens (primary N) is 1. The van der Waals surface area contributed by atoms with Gasteiger partial charge in [0.1, 0.15) is 23.9 Å². The predicted octanol–water partition coefficient (Wildman–Crippen LogP) is 3.22. The Bertz CT molecular complexity index is 614. The molecule has 0 aliphatic heterocycles. The summed E-state index contributed by atoms with van der Waals surface area (Å²) in [7, 11) is 1.62. The van der Waals surface area contributed by atoms with Crippen LogP contribution in [0.3, 0.4) is 0 Å². The van der Waals surface area contributed by atoms with Crippen molar-refractivity contribution in [3.63, 3.8) is 0 Å². The van der Waals surface area contributed by atoms with Crippen molar-refractivity contribution in [2.24, 2.45) is 5.73 Å². The minimum atomic E-state index is -0.254. The van der Waals surface area contributed by atoms with Crippen molar-refractivity contribution in [1.29, 1.82) is 0 Å². The van der Waals surface area contributed by atoms with E-state index in [0.717, 1.165) is 28.2 Å². The average molecular weight is 289 g/mol. The van der Waals surface area contributed by atoms with Gasteiger partial charge in [0.2, 0.25) is 0 Å². The summed E-state index contributed by atoms with van der Waals surface area (Å²) in [6.07, 6.45) is 0.703. The Balaban J connectivity index is 2.17. The zero-order chi connectivity index (χ0) is 15.2. The molecule has 2 rings (SSSR count). The maximum atomic E-state index is 13.3. The van der Waals surface area contributed by atoms with Crippen LogP contribution in [0.15, 0.2) is 36.4 Å². The summed E-state index contributed by atoms with van der Waals surface area (Å²) >= 11 is 0. The van der Waals surface area contributed by atoms with E-state index in [1.54, 1.807) is 13.2 Å². The van der Waals surface area contributed by atoms with Crippen LogP contribution in [-0.2, 0) is 13.0 Å². The second-order valence-corrected chi connectivity index (χ2v) is 4.87. The molecule has 0 unspecified atom stereocenters. The van der Waals surface area contributed by atoms with Gasteiger partial charge >= 0.3 is 0 Å². The molecule has 0 aliphatic rings. The van der Waals surface area contributed by atoms with Gasteiger partial charge in [0.15, 0.2) is 0 Å². The maximum Gasteiger partial charge on any atom is 0.123 e. The molecule has 0 spiro atoms. The zero-order valence-electron chi connectivity index (χ0n) is 12.4. The lowest BCUT2D eigenvalue weighted by Gasteiger charge is -2.13. The topological polar surface area (TPSA) is 44.5 Å². The molecule has 0 heterocycles. The first-order valence-corrected chi connectivity index (χ1v) is 6.89. The average Bonchev–Trinajstić information content (AvgIpc) is 2.49. The molecule has 0 radical (unpaired) electrons. The third-order valence-electron chi connectivity index (χ3n) is 3.38. The Morgan fingerprint density at radius 2 is 1.90 bits per heavy atom. The molecule has 0 saturated heterocycles. The van der Waals surface area contributed by atoms with E-state index in [9.17, 15) is 4.39 Å². The molecule has 0 fully saturated rings. The third kappa shape index (κ3) is 3.95. The summed E-state index contributed by atoms with van der Waals surface area (Å²) in [5, 5.41) is 0. The van der Waals surface area contributed by atoms with E-state index in [0.29, 0.717) is 19.6 Å². The minimum absolute atomic E-state index is 0.254. The first kappa shape index (κ1) is 15.3. The van der Waals surface area contributed by atoms with Gasteiger partial charge in [-0.15, -0.1) is 0 Å². The lowest BCUT2D eigenvalue weighted by molar-refractivity contribution is 0.300. The lowest BCUT2D eigenvalue weighted by Crippen LogP contribution is -2.06. The van der Waals surface area contributed by atoms with Crippen LogP contribution in [-0.4, -0.2) is 13.7 Å². The number of hydrogen-bond donors (Lipinski definition) is 1. The van der Waals surface area contributed by atoms with Crippen molar-refractivity contribution in [1.82, 2.24) is 0 Å². The number of hydrogen-bond acceptors (Lipinski definition) is 3. The van der Waals surface area contributed by atoms with E-state index in [4.69, 9.17) is 15.2 Å². The Hall–Kier alpha value is -2.07. The van der Waals surface area contributed by atoms with Gasteiger partial charge in [-0.3, -0.25) is 0 Å². The normalized spacial score (nSPS) is 10.5. The minimum Gasteiger partial charge on any atom is -0.497 e. The lowest BCUT2D eigenvalue weighted by atomic mass is 10.1. The van der Waals surface area contributed by atoms with Gasteiger partial charge in [0.05, 0.1) is 7.11 Å².